The fraction of sp³-hybridized carbons (Fsp3) is 0. The molecule has 0 aliphatic heterocycles. The van der Waals surface area contributed by atoms with Crippen molar-refractivity contribution in [2.45, 2.75) is 0 Å². The molecule has 3 N–H and O–H groups in total. The minimum absolute atomic E-state index is 0.0919. The van der Waals surface area contributed by atoms with Crippen molar-refractivity contribution >= 4 is 23.1 Å². The van der Waals surface area contributed by atoms with Crippen LogP contribution in [0.4, 0.5) is 5.69 Å². The smallest absolute Gasteiger partial charge is 0.271 e. The fourth-order valence-corrected chi connectivity index (χ4v) is 1.63. The highest BCUT2D eigenvalue weighted by atomic mass is 35.5. The number of nitro groups is 1. The Morgan fingerprint density at radius 1 is 1.40 bits per heavy atom. The van der Waals surface area contributed by atoms with Gasteiger partial charge in [0.05, 0.1) is 9.95 Å². The van der Waals surface area contributed by atoms with E-state index in [1.165, 1.54) is 18.2 Å². The average Bonchev–Trinajstić information content (AvgIpc) is 2.41. The van der Waals surface area contributed by atoms with Crippen LogP contribution in [-0.2, 0) is 0 Å². The van der Waals surface area contributed by atoms with Gasteiger partial charge >= 0.3 is 0 Å². The number of aromatic nitrogens is 1. The minimum Gasteiger partial charge on any atom is -0.437 e. The Morgan fingerprint density at radius 3 is 2.75 bits per heavy atom. The first-order valence-electron chi connectivity index (χ1n) is 5.40. The highest BCUT2D eigenvalue weighted by Gasteiger charge is 2.11. The van der Waals surface area contributed by atoms with Crippen LogP contribution in [0.3, 0.4) is 0 Å². The number of ether oxygens (including phenoxy) is 1. The fourth-order valence-electron chi connectivity index (χ4n) is 1.42. The summed E-state index contributed by atoms with van der Waals surface area (Å²) in [7, 11) is 0. The molecule has 20 heavy (non-hydrogen) atoms. The van der Waals surface area contributed by atoms with Crippen LogP contribution >= 0.6 is 11.6 Å². The third-order valence-corrected chi connectivity index (χ3v) is 2.64. The van der Waals surface area contributed by atoms with E-state index < -0.39 is 4.92 Å². The Labute approximate surface area is 118 Å². The molecule has 0 saturated heterocycles. The average molecular weight is 293 g/mol. The van der Waals surface area contributed by atoms with Gasteiger partial charge in [0, 0.05) is 18.2 Å². The molecule has 0 amide bonds. The van der Waals surface area contributed by atoms with Gasteiger partial charge in [-0.2, -0.15) is 0 Å². The van der Waals surface area contributed by atoms with Crippen LogP contribution in [0.5, 0.6) is 11.6 Å². The quantitative estimate of drug-likeness (QED) is 0.389. The summed E-state index contributed by atoms with van der Waals surface area (Å²) >= 11 is 5.90. The van der Waals surface area contributed by atoms with Gasteiger partial charge in [0.25, 0.3) is 5.69 Å². The van der Waals surface area contributed by atoms with Crippen molar-refractivity contribution in [3.8, 4) is 11.6 Å². The number of benzene rings is 1. The van der Waals surface area contributed by atoms with E-state index in [0.717, 1.165) is 0 Å². The minimum atomic E-state index is -0.551. The molecule has 1 aromatic heterocycles. The largest absolute Gasteiger partial charge is 0.437 e. The molecule has 0 atom stereocenters. The highest BCUT2D eigenvalue weighted by molar-refractivity contribution is 6.32. The second-order valence-corrected chi connectivity index (χ2v) is 4.16. The zero-order valence-corrected chi connectivity index (χ0v) is 10.8. The highest BCUT2D eigenvalue weighted by Crippen LogP contribution is 2.31. The third kappa shape index (κ3) is 3.01. The Balaban J connectivity index is 2.28. The second-order valence-electron chi connectivity index (χ2n) is 3.75. The monoisotopic (exact) mass is 292 g/mol. The third-order valence-electron chi connectivity index (χ3n) is 2.34. The molecule has 7 nitrogen and oxygen atoms in total. The van der Waals surface area contributed by atoms with Gasteiger partial charge in [-0.05, 0) is 12.1 Å². The van der Waals surface area contributed by atoms with Gasteiger partial charge in [-0.1, -0.05) is 17.7 Å². The van der Waals surface area contributed by atoms with Crippen LogP contribution in [0.25, 0.3) is 0 Å². The summed E-state index contributed by atoms with van der Waals surface area (Å²) in [6.07, 6.45) is 0. The van der Waals surface area contributed by atoms with E-state index in [4.69, 9.17) is 27.5 Å². The van der Waals surface area contributed by atoms with Crippen molar-refractivity contribution in [1.29, 1.82) is 5.41 Å². The lowest BCUT2D eigenvalue weighted by Crippen LogP contribution is -2.13. The number of pyridine rings is 1. The predicted molar refractivity (Wildman–Crippen MR) is 73.4 cm³/mol. The second kappa shape index (κ2) is 5.54. The lowest BCUT2D eigenvalue weighted by atomic mass is 10.3. The van der Waals surface area contributed by atoms with E-state index in [2.05, 4.69) is 4.98 Å². The first-order chi connectivity index (χ1) is 9.47. The van der Waals surface area contributed by atoms with Crippen molar-refractivity contribution in [3.05, 3.63) is 57.2 Å². The summed E-state index contributed by atoms with van der Waals surface area (Å²) in [4.78, 5) is 14.0. The van der Waals surface area contributed by atoms with Crippen LogP contribution in [0, 0.1) is 15.5 Å². The molecule has 0 unspecified atom stereocenters. The first-order valence-corrected chi connectivity index (χ1v) is 5.78. The SMILES string of the molecule is N=C(N)c1cccc(Oc2ccc([N+](=O)[O-])cc2Cl)n1. The zero-order valence-electron chi connectivity index (χ0n) is 10.0. The summed E-state index contributed by atoms with van der Waals surface area (Å²) in [5.41, 5.74) is 5.46. The Morgan fingerprint density at radius 2 is 2.15 bits per heavy atom. The number of nitrogens with two attached hydrogens (primary N) is 1. The first kappa shape index (κ1) is 13.8. The van der Waals surface area contributed by atoms with Crippen molar-refractivity contribution in [2.75, 3.05) is 0 Å². The molecule has 0 aliphatic carbocycles. The van der Waals surface area contributed by atoms with Crippen LogP contribution in [0.1, 0.15) is 5.69 Å². The number of nitro benzene ring substituents is 1. The lowest BCUT2D eigenvalue weighted by Gasteiger charge is -2.07. The molecule has 2 rings (SSSR count). The van der Waals surface area contributed by atoms with E-state index in [9.17, 15) is 10.1 Å². The topological polar surface area (TPSA) is 115 Å². The summed E-state index contributed by atoms with van der Waals surface area (Å²) in [5, 5.41) is 18.0. The van der Waals surface area contributed by atoms with Gasteiger partial charge in [0.1, 0.15) is 17.3 Å². The number of nitrogens with zero attached hydrogens (tertiary/aromatic N) is 2. The number of amidine groups is 1. The van der Waals surface area contributed by atoms with Crippen molar-refractivity contribution in [1.82, 2.24) is 4.98 Å². The number of nitrogen functional groups attached to an aromatic ring is 1. The van der Waals surface area contributed by atoms with Gasteiger partial charge in [-0.25, -0.2) is 4.98 Å². The van der Waals surface area contributed by atoms with Gasteiger partial charge in [0.15, 0.2) is 0 Å². The number of halogens is 1. The summed E-state index contributed by atoms with van der Waals surface area (Å²) < 4.78 is 5.42. The van der Waals surface area contributed by atoms with Crippen LogP contribution in [-0.4, -0.2) is 15.7 Å². The van der Waals surface area contributed by atoms with E-state index in [-0.39, 0.29) is 33.9 Å². The van der Waals surface area contributed by atoms with E-state index in [0.29, 0.717) is 0 Å². The number of hydrogen-bond acceptors (Lipinski definition) is 5. The maximum atomic E-state index is 10.6. The van der Waals surface area contributed by atoms with Crippen molar-refractivity contribution in [2.24, 2.45) is 5.73 Å². The molecule has 0 aliphatic rings. The van der Waals surface area contributed by atoms with Crippen LogP contribution < -0.4 is 10.5 Å². The van der Waals surface area contributed by atoms with E-state index >= 15 is 0 Å². The molecule has 1 aromatic carbocycles. The number of rotatable bonds is 4. The maximum absolute atomic E-state index is 10.6. The van der Waals surface area contributed by atoms with Gasteiger partial charge in [-0.3, -0.25) is 15.5 Å². The predicted octanol–water partition coefficient (Wildman–Crippen LogP) is 2.72. The molecule has 0 bridgehead atoms. The van der Waals surface area contributed by atoms with Crippen LogP contribution in [0.15, 0.2) is 36.4 Å². The Kier molecular flexibility index (Phi) is 3.81. The maximum Gasteiger partial charge on any atom is 0.271 e. The molecule has 0 spiro atoms. The molecule has 0 radical (unpaired) electrons. The van der Waals surface area contributed by atoms with Gasteiger partial charge in [0.2, 0.25) is 5.88 Å². The normalized spacial score (nSPS) is 10.1. The summed E-state index contributed by atoms with van der Waals surface area (Å²) in [6.45, 7) is 0. The molecule has 102 valence electrons. The van der Waals surface area contributed by atoms with E-state index in [1.807, 2.05) is 0 Å². The molecular formula is C12H9ClN4O3. The molecule has 0 fully saturated rings. The summed E-state index contributed by atoms with van der Waals surface area (Å²) in [5.74, 6) is 0.226. The van der Waals surface area contributed by atoms with Crippen LogP contribution in [0.2, 0.25) is 5.02 Å². The zero-order chi connectivity index (χ0) is 14.7. The molecule has 2 aromatic rings. The molecular weight excluding hydrogens is 284 g/mol. The number of hydrogen-bond donors (Lipinski definition) is 2. The summed E-state index contributed by atoms with van der Waals surface area (Å²) in [6, 6.07) is 8.58. The van der Waals surface area contributed by atoms with Gasteiger partial charge < -0.3 is 10.5 Å². The molecule has 1 heterocycles. The van der Waals surface area contributed by atoms with E-state index in [1.54, 1.807) is 18.2 Å². The van der Waals surface area contributed by atoms with Crippen molar-refractivity contribution < 1.29 is 9.66 Å². The van der Waals surface area contributed by atoms with Gasteiger partial charge in [-0.15, -0.1) is 0 Å². The van der Waals surface area contributed by atoms with Crippen molar-refractivity contribution in [3.63, 3.8) is 0 Å². The Hall–Kier alpha value is -2.67. The lowest BCUT2D eigenvalue weighted by molar-refractivity contribution is -0.384. The number of nitrogens with one attached hydrogen (secondary N) is 1. The standard InChI is InChI=1S/C12H9ClN4O3/c13-8-6-7(17(18)19)4-5-10(8)20-11-3-1-2-9(16-11)12(14)15/h1-6H,(H3,14,15). The number of non-ortho nitro benzene ring substituents is 1. The molecule has 0 saturated carbocycles. The Bertz CT molecular complexity index is 690. The molecule has 8 heteroatoms.